The quantitative estimate of drug-likeness (QED) is 0.574. The smallest absolute Gasteiger partial charge is 0.457 e. The summed E-state index contributed by atoms with van der Waals surface area (Å²) in [6.45, 7) is 0.386. The first-order valence-corrected chi connectivity index (χ1v) is 9.35. The first-order chi connectivity index (χ1) is 11.8. The van der Waals surface area contributed by atoms with E-state index in [1.807, 2.05) is 6.07 Å². The van der Waals surface area contributed by atoms with E-state index in [9.17, 15) is 4.79 Å². The highest BCUT2D eigenvalue weighted by molar-refractivity contribution is 5.59. The zero-order valence-electron chi connectivity index (χ0n) is 14.2. The molecule has 0 bridgehead atoms. The predicted octanol–water partition coefficient (Wildman–Crippen LogP) is 4.81. The summed E-state index contributed by atoms with van der Waals surface area (Å²) in [5, 5.41) is 0. The number of hydrogen-bond donors (Lipinski definition) is 0. The van der Waals surface area contributed by atoms with Crippen LogP contribution in [-0.2, 0) is 15.9 Å². The Morgan fingerprint density at radius 2 is 1.92 bits per heavy atom. The molecule has 4 nitrogen and oxygen atoms in total. The lowest BCUT2D eigenvalue weighted by Gasteiger charge is -2.37. The van der Waals surface area contributed by atoms with E-state index < -0.39 is 6.16 Å². The van der Waals surface area contributed by atoms with Gasteiger partial charge < -0.3 is 14.2 Å². The maximum atomic E-state index is 11.5. The van der Waals surface area contributed by atoms with Gasteiger partial charge in [0, 0.05) is 0 Å². The maximum absolute atomic E-state index is 11.5. The molecule has 0 aromatic heterocycles. The molecule has 24 heavy (non-hydrogen) atoms. The Kier molecular flexibility index (Phi) is 4.63. The molecule has 1 aromatic carbocycles. The summed E-state index contributed by atoms with van der Waals surface area (Å²) in [5.41, 5.74) is 2.93. The SMILES string of the molecule is O=C(OCOc1ccc2c(c1)C1CCCCC1CC2)OCC1CC1. The fourth-order valence-corrected chi connectivity index (χ4v) is 4.20. The van der Waals surface area contributed by atoms with Crippen LogP contribution in [0.1, 0.15) is 62.0 Å². The largest absolute Gasteiger partial charge is 0.511 e. The van der Waals surface area contributed by atoms with Crippen molar-refractivity contribution >= 4 is 6.16 Å². The van der Waals surface area contributed by atoms with Gasteiger partial charge in [-0.2, -0.15) is 0 Å². The first kappa shape index (κ1) is 15.8. The van der Waals surface area contributed by atoms with Crippen molar-refractivity contribution in [3.05, 3.63) is 29.3 Å². The van der Waals surface area contributed by atoms with Crippen molar-refractivity contribution in [3.63, 3.8) is 0 Å². The first-order valence-electron chi connectivity index (χ1n) is 9.35. The van der Waals surface area contributed by atoms with Crippen molar-refractivity contribution in [2.45, 2.75) is 57.3 Å². The third kappa shape index (κ3) is 3.68. The molecule has 0 spiro atoms. The molecule has 0 saturated heterocycles. The second kappa shape index (κ2) is 7.04. The summed E-state index contributed by atoms with van der Waals surface area (Å²) in [6.07, 6.45) is 9.56. The highest BCUT2D eigenvalue weighted by atomic mass is 16.8. The Morgan fingerprint density at radius 1 is 1.04 bits per heavy atom. The molecule has 0 amide bonds. The van der Waals surface area contributed by atoms with Crippen LogP contribution in [0.3, 0.4) is 0 Å². The maximum Gasteiger partial charge on any atom is 0.511 e. The summed E-state index contributed by atoms with van der Waals surface area (Å²) in [7, 11) is 0. The summed E-state index contributed by atoms with van der Waals surface area (Å²) >= 11 is 0. The fraction of sp³-hybridized carbons (Fsp3) is 0.650. The summed E-state index contributed by atoms with van der Waals surface area (Å²) < 4.78 is 15.6. The number of aryl methyl sites for hydroxylation is 1. The molecule has 2 unspecified atom stereocenters. The van der Waals surface area contributed by atoms with Gasteiger partial charge in [-0.25, -0.2) is 4.79 Å². The number of hydrogen-bond acceptors (Lipinski definition) is 4. The fourth-order valence-electron chi connectivity index (χ4n) is 4.20. The van der Waals surface area contributed by atoms with Crippen LogP contribution < -0.4 is 4.74 Å². The van der Waals surface area contributed by atoms with Crippen LogP contribution in [0.25, 0.3) is 0 Å². The van der Waals surface area contributed by atoms with Crippen LogP contribution in [-0.4, -0.2) is 19.6 Å². The van der Waals surface area contributed by atoms with Crippen LogP contribution in [0.5, 0.6) is 5.75 Å². The van der Waals surface area contributed by atoms with Crippen LogP contribution in [0.15, 0.2) is 18.2 Å². The number of fused-ring (bicyclic) bond motifs is 3. The summed E-state index contributed by atoms with van der Waals surface area (Å²) in [5.74, 6) is 2.86. The van der Waals surface area contributed by atoms with Crippen molar-refractivity contribution < 1.29 is 19.0 Å². The second-order valence-electron chi connectivity index (χ2n) is 7.46. The molecule has 2 saturated carbocycles. The van der Waals surface area contributed by atoms with E-state index in [0.717, 1.165) is 24.5 Å². The topological polar surface area (TPSA) is 44.8 Å². The van der Waals surface area contributed by atoms with Gasteiger partial charge in [0.2, 0.25) is 6.79 Å². The minimum absolute atomic E-state index is 0.0869. The van der Waals surface area contributed by atoms with Crippen molar-refractivity contribution in [3.8, 4) is 5.75 Å². The van der Waals surface area contributed by atoms with Gasteiger partial charge in [0.25, 0.3) is 0 Å². The Bertz CT molecular complexity index is 593. The average molecular weight is 330 g/mol. The molecule has 0 aliphatic heterocycles. The van der Waals surface area contributed by atoms with Crippen molar-refractivity contribution in [2.75, 3.05) is 13.4 Å². The average Bonchev–Trinajstić information content (AvgIpc) is 3.44. The molecule has 2 fully saturated rings. The third-order valence-electron chi connectivity index (χ3n) is 5.75. The number of carbonyl (C=O) groups excluding carboxylic acids is 1. The van der Waals surface area contributed by atoms with E-state index in [-0.39, 0.29) is 6.79 Å². The normalized spacial score (nSPS) is 25.3. The molecule has 0 N–H and O–H groups in total. The lowest BCUT2D eigenvalue weighted by atomic mass is 9.68. The van der Waals surface area contributed by atoms with Crippen molar-refractivity contribution in [1.82, 2.24) is 0 Å². The molecular weight excluding hydrogens is 304 g/mol. The molecule has 3 aliphatic rings. The van der Waals surface area contributed by atoms with E-state index in [0.29, 0.717) is 18.4 Å². The van der Waals surface area contributed by atoms with Gasteiger partial charge in [0.15, 0.2) is 0 Å². The molecule has 0 heterocycles. The van der Waals surface area contributed by atoms with Crippen LogP contribution in [0, 0.1) is 11.8 Å². The Morgan fingerprint density at radius 3 is 2.79 bits per heavy atom. The lowest BCUT2D eigenvalue weighted by molar-refractivity contribution is 0.00279. The van der Waals surface area contributed by atoms with E-state index in [1.54, 1.807) is 0 Å². The zero-order valence-corrected chi connectivity index (χ0v) is 14.2. The molecule has 4 rings (SSSR count). The molecule has 2 atom stereocenters. The van der Waals surface area contributed by atoms with Gasteiger partial charge in [-0.3, -0.25) is 0 Å². The molecule has 1 aromatic rings. The van der Waals surface area contributed by atoms with Gasteiger partial charge >= 0.3 is 6.16 Å². The standard InChI is InChI=1S/C20H26O4/c21-20(22-12-14-5-6-14)24-13-23-17-10-9-16-8-7-15-3-1-2-4-18(15)19(16)11-17/h9-11,14-15,18H,1-8,12-13H2. The van der Waals surface area contributed by atoms with Gasteiger partial charge in [-0.15, -0.1) is 0 Å². The minimum atomic E-state index is -0.632. The Balaban J connectivity index is 1.32. The second-order valence-corrected chi connectivity index (χ2v) is 7.46. The van der Waals surface area contributed by atoms with Crippen LogP contribution >= 0.6 is 0 Å². The lowest BCUT2D eigenvalue weighted by Crippen LogP contribution is -2.24. The number of benzene rings is 1. The monoisotopic (exact) mass is 330 g/mol. The molecule has 3 aliphatic carbocycles. The number of ether oxygens (including phenoxy) is 3. The van der Waals surface area contributed by atoms with Crippen molar-refractivity contribution in [1.29, 1.82) is 0 Å². The van der Waals surface area contributed by atoms with Gasteiger partial charge in [0.05, 0.1) is 6.61 Å². The minimum Gasteiger partial charge on any atom is -0.457 e. The zero-order chi connectivity index (χ0) is 16.4. The van der Waals surface area contributed by atoms with Gasteiger partial charge in [-0.05, 0) is 79.5 Å². The Labute approximate surface area is 143 Å². The summed E-state index contributed by atoms with van der Waals surface area (Å²) in [6, 6.07) is 6.33. The predicted molar refractivity (Wildman–Crippen MR) is 90.1 cm³/mol. The number of carbonyl (C=O) groups is 1. The van der Waals surface area contributed by atoms with Crippen LogP contribution in [0.4, 0.5) is 4.79 Å². The van der Waals surface area contributed by atoms with E-state index in [4.69, 9.17) is 14.2 Å². The van der Waals surface area contributed by atoms with Gasteiger partial charge in [-0.1, -0.05) is 18.9 Å². The van der Waals surface area contributed by atoms with E-state index in [1.165, 1.54) is 49.7 Å². The highest BCUT2D eigenvalue weighted by Gasteiger charge is 2.31. The van der Waals surface area contributed by atoms with Crippen LogP contribution in [0.2, 0.25) is 0 Å². The summed E-state index contributed by atoms with van der Waals surface area (Å²) in [4.78, 5) is 11.5. The molecule has 4 heteroatoms. The van der Waals surface area contributed by atoms with Gasteiger partial charge in [0.1, 0.15) is 5.75 Å². The van der Waals surface area contributed by atoms with E-state index >= 15 is 0 Å². The molecular formula is C20H26O4. The van der Waals surface area contributed by atoms with E-state index in [2.05, 4.69) is 12.1 Å². The molecule has 0 radical (unpaired) electrons. The molecule has 130 valence electrons. The highest BCUT2D eigenvalue weighted by Crippen LogP contribution is 2.45. The number of rotatable bonds is 5. The van der Waals surface area contributed by atoms with Crippen molar-refractivity contribution in [2.24, 2.45) is 11.8 Å². The Hall–Kier alpha value is -1.71. The third-order valence-corrected chi connectivity index (χ3v) is 5.75.